The Bertz CT molecular complexity index is 551. The van der Waals surface area contributed by atoms with Crippen molar-refractivity contribution in [2.75, 3.05) is 0 Å². The van der Waals surface area contributed by atoms with Gasteiger partial charge >= 0.3 is 0 Å². The van der Waals surface area contributed by atoms with Crippen molar-refractivity contribution in [1.29, 1.82) is 0 Å². The summed E-state index contributed by atoms with van der Waals surface area (Å²) >= 11 is 5.94. The molecule has 0 aliphatic rings. The Hall–Kier alpha value is -1.17. The third kappa shape index (κ3) is 3.91. The second kappa shape index (κ2) is 5.67. The molecule has 0 radical (unpaired) electrons. The lowest BCUT2D eigenvalue weighted by Crippen LogP contribution is -2.39. The molecule has 1 unspecified atom stereocenters. The lowest BCUT2D eigenvalue weighted by molar-refractivity contribution is 0.0332. The number of rotatable bonds is 5. The molecule has 0 fully saturated rings. The molecule has 0 aliphatic heterocycles. The van der Waals surface area contributed by atoms with Crippen LogP contribution in [0.5, 0.6) is 0 Å². The monoisotopic (exact) mass is 309 g/mol. The zero-order chi connectivity index (χ0) is 14.8. The van der Waals surface area contributed by atoms with Crippen molar-refractivity contribution in [2.24, 2.45) is 0 Å². The van der Waals surface area contributed by atoms with E-state index in [4.69, 9.17) is 11.6 Å². The van der Waals surface area contributed by atoms with Crippen molar-refractivity contribution < 1.29 is 5.11 Å². The summed E-state index contributed by atoms with van der Waals surface area (Å²) in [5, 5.41) is 16.0. The molecule has 1 aromatic carbocycles. The molecule has 0 spiro atoms. The molecule has 1 aromatic heterocycles. The Balaban J connectivity index is 2.34. The van der Waals surface area contributed by atoms with Crippen LogP contribution in [0, 0.1) is 0 Å². The molecule has 0 amide bonds. The minimum absolute atomic E-state index is 0.402. The SMILES string of the molecule is C[Si](C)(C)CC(O)(Cn1cncn1)c1ccc(Cl)cc1. The van der Waals surface area contributed by atoms with Gasteiger partial charge in [-0.25, -0.2) is 9.67 Å². The molecular weight excluding hydrogens is 290 g/mol. The van der Waals surface area contributed by atoms with Gasteiger partial charge in [-0.2, -0.15) is 5.10 Å². The number of aromatic nitrogens is 3. The van der Waals surface area contributed by atoms with Crippen LogP contribution in [0.4, 0.5) is 0 Å². The number of hydrogen-bond acceptors (Lipinski definition) is 3. The Kier molecular flexibility index (Phi) is 4.32. The van der Waals surface area contributed by atoms with Gasteiger partial charge in [-0.15, -0.1) is 0 Å². The van der Waals surface area contributed by atoms with E-state index in [-0.39, 0.29) is 0 Å². The molecule has 4 nitrogen and oxygen atoms in total. The van der Waals surface area contributed by atoms with Crippen molar-refractivity contribution in [2.45, 2.75) is 37.8 Å². The minimum Gasteiger partial charge on any atom is -0.384 e. The highest BCUT2D eigenvalue weighted by molar-refractivity contribution is 6.76. The molecule has 1 N–H and O–H groups in total. The normalized spacial score (nSPS) is 15.1. The zero-order valence-corrected chi connectivity index (χ0v) is 13.8. The maximum atomic E-state index is 11.2. The van der Waals surface area contributed by atoms with Crippen LogP contribution >= 0.6 is 11.6 Å². The van der Waals surface area contributed by atoms with Gasteiger partial charge < -0.3 is 5.11 Å². The second-order valence-corrected chi connectivity index (χ2v) is 12.3. The molecule has 0 saturated heterocycles. The molecule has 108 valence electrons. The Morgan fingerprint density at radius 1 is 1.25 bits per heavy atom. The summed E-state index contributed by atoms with van der Waals surface area (Å²) in [6.45, 7) is 7.14. The van der Waals surface area contributed by atoms with Crippen LogP contribution in [0.25, 0.3) is 0 Å². The molecule has 0 saturated carbocycles. The van der Waals surface area contributed by atoms with E-state index in [1.807, 2.05) is 24.3 Å². The topological polar surface area (TPSA) is 50.9 Å². The van der Waals surface area contributed by atoms with E-state index in [2.05, 4.69) is 29.7 Å². The van der Waals surface area contributed by atoms with Crippen molar-refractivity contribution in [3.8, 4) is 0 Å². The summed E-state index contributed by atoms with van der Waals surface area (Å²) < 4.78 is 1.68. The first kappa shape index (κ1) is 15.2. The Labute approximate surface area is 125 Å². The lowest BCUT2D eigenvalue weighted by Gasteiger charge is -2.34. The number of aliphatic hydroxyl groups is 1. The van der Waals surface area contributed by atoms with Crippen LogP contribution in [-0.4, -0.2) is 27.9 Å². The van der Waals surface area contributed by atoms with Crippen LogP contribution in [-0.2, 0) is 12.1 Å². The van der Waals surface area contributed by atoms with Gasteiger partial charge in [-0.05, 0) is 23.7 Å². The third-order valence-electron chi connectivity index (χ3n) is 3.09. The summed E-state index contributed by atoms with van der Waals surface area (Å²) in [5.41, 5.74) is -0.0669. The predicted octanol–water partition coefficient (Wildman–Crippen LogP) is 3.16. The molecule has 0 bridgehead atoms. The third-order valence-corrected chi connectivity index (χ3v) is 4.99. The highest BCUT2D eigenvalue weighted by Gasteiger charge is 2.35. The first-order valence-corrected chi connectivity index (χ1v) is 10.7. The summed E-state index contributed by atoms with van der Waals surface area (Å²) in [5.74, 6) is 0. The van der Waals surface area contributed by atoms with Gasteiger partial charge in [-0.3, -0.25) is 0 Å². The summed E-state index contributed by atoms with van der Waals surface area (Å²) in [6, 6.07) is 8.15. The highest BCUT2D eigenvalue weighted by Crippen LogP contribution is 2.33. The fourth-order valence-corrected chi connectivity index (χ4v) is 4.67. The molecule has 2 rings (SSSR count). The second-order valence-electron chi connectivity index (χ2n) is 6.37. The lowest BCUT2D eigenvalue weighted by atomic mass is 9.96. The zero-order valence-electron chi connectivity index (χ0n) is 12.0. The van der Waals surface area contributed by atoms with E-state index < -0.39 is 13.7 Å². The maximum absolute atomic E-state index is 11.2. The standard InChI is InChI=1S/C14H20ClN3OSi/c1-20(2,3)9-14(19,8-18-11-16-10-17-18)12-4-6-13(15)7-5-12/h4-7,10-11,19H,8-9H2,1-3H3. The first-order chi connectivity index (χ1) is 9.28. The van der Waals surface area contributed by atoms with Crippen LogP contribution in [0.2, 0.25) is 30.7 Å². The van der Waals surface area contributed by atoms with Crippen LogP contribution in [0.3, 0.4) is 0 Å². The van der Waals surface area contributed by atoms with Gasteiger partial charge in [0.15, 0.2) is 0 Å². The van der Waals surface area contributed by atoms with Crippen LogP contribution in [0.15, 0.2) is 36.9 Å². The maximum Gasteiger partial charge on any atom is 0.137 e. The molecule has 0 aliphatic carbocycles. The molecule has 1 atom stereocenters. The van der Waals surface area contributed by atoms with E-state index in [9.17, 15) is 5.11 Å². The molecule has 20 heavy (non-hydrogen) atoms. The van der Waals surface area contributed by atoms with E-state index >= 15 is 0 Å². The predicted molar refractivity (Wildman–Crippen MR) is 83.5 cm³/mol. The fourth-order valence-electron chi connectivity index (χ4n) is 2.47. The van der Waals surface area contributed by atoms with Crippen molar-refractivity contribution in [1.82, 2.24) is 14.8 Å². The minimum atomic E-state index is -1.47. The van der Waals surface area contributed by atoms with Gasteiger partial charge in [0.2, 0.25) is 0 Å². The van der Waals surface area contributed by atoms with Gasteiger partial charge in [-0.1, -0.05) is 43.4 Å². The smallest absolute Gasteiger partial charge is 0.137 e. The van der Waals surface area contributed by atoms with Gasteiger partial charge in [0.1, 0.15) is 18.3 Å². The number of nitrogens with zero attached hydrogens (tertiary/aromatic N) is 3. The van der Waals surface area contributed by atoms with Gasteiger partial charge in [0.25, 0.3) is 0 Å². The van der Waals surface area contributed by atoms with Crippen LogP contribution in [0.1, 0.15) is 5.56 Å². The molecule has 1 heterocycles. The van der Waals surface area contributed by atoms with Crippen molar-refractivity contribution in [3.63, 3.8) is 0 Å². The van der Waals surface area contributed by atoms with E-state index in [1.165, 1.54) is 6.33 Å². The van der Waals surface area contributed by atoms with E-state index in [0.717, 1.165) is 11.6 Å². The summed E-state index contributed by atoms with van der Waals surface area (Å²) in [7, 11) is -1.47. The molecule has 2 aromatic rings. The summed E-state index contributed by atoms with van der Waals surface area (Å²) in [6.07, 6.45) is 3.11. The molecule has 6 heteroatoms. The van der Waals surface area contributed by atoms with Gasteiger partial charge in [0, 0.05) is 13.1 Å². The van der Waals surface area contributed by atoms with Gasteiger partial charge in [0.05, 0.1) is 6.54 Å². The fraction of sp³-hybridized carbons (Fsp3) is 0.429. The van der Waals surface area contributed by atoms with Crippen LogP contribution < -0.4 is 0 Å². The number of benzene rings is 1. The average molecular weight is 310 g/mol. The quantitative estimate of drug-likeness (QED) is 0.863. The Morgan fingerprint density at radius 3 is 2.40 bits per heavy atom. The largest absolute Gasteiger partial charge is 0.384 e. The van der Waals surface area contributed by atoms with Crippen molar-refractivity contribution >= 4 is 19.7 Å². The van der Waals surface area contributed by atoms with E-state index in [0.29, 0.717) is 11.6 Å². The summed E-state index contributed by atoms with van der Waals surface area (Å²) in [4.78, 5) is 3.94. The first-order valence-electron chi connectivity index (χ1n) is 6.59. The number of halogens is 1. The van der Waals surface area contributed by atoms with E-state index in [1.54, 1.807) is 11.0 Å². The van der Waals surface area contributed by atoms with Crippen molar-refractivity contribution in [3.05, 3.63) is 47.5 Å². The average Bonchev–Trinajstić information content (AvgIpc) is 2.79. The highest BCUT2D eigenvalue weighted by atomic mass is 35.5. The Morgan fingerprint density at radius 2 is 1.90 bits per heavy atom. The number of hydrogen-bond donors (Lipinski definition) is 1. The molecular formula is C14H20ClN3OSi.